The van der Waals surface area contributed by atoms with Gasteiger partial charge in [0.2, 0.25) is 0 Å². The van der Waals surface area contributed by atoms with Gasteiger partial charge >= 0.3 is 0 Å². The van der Waals surface area contributed by atoms with Gasteiger partial charge in [-0.3, -0.25) is 0 Å². The average molecular weight is 321 g/mol. The molecule has 0 radical (unpaired) electrons. The highest BCUT2D eigenvalue weighted by atomic mass is 32.1. The van der Waals surface area contributed by atoms with Crippen molar-refractivity contribution in [3.8, 4) is 0 Å². The van der Waals surface area contributed by atoms with Gasteiger partial charge in [-0.05, 0) is 6.42 Å². The number of hydrogen-bond acceptors (Lipinski definition) is 2. The first-order chi connectivity index (χ1) is 10.9. The molecule has 124 valence electrons. The predicted molar refractivity (Wildman–Crippen MR) is 98.8 cm³/mol. The van der Waals surface area contributed by atoms with E-state index < -0.39 is 0 Å². The van der Waals surface area contributed by atoms with Crippen molar-refractivity contribution in [1.82, 2.24) is 9.97 Å². The van der Waals surface area contributed by atoms with Gasteiger partial charge < -0.3 is 4.98 Å². The van der Waals surface area contributed by atoms with Crippen molar-refractivity contribution in [3.63, 3.8) is 0 Å². The Bertz CT molecular complexity index is 472. The van der Waals surface area contributed by atoms with Crippen LogP contribution in [0.15, 0.2) is 10.8 Å². The Morgan fingerprint density at radius 3 is 2.00 bits per heavy atom. The Labute approximate surface area is 139 Å². The second-order valence-electron chi connectivity index (χ2n) is 6.49. The summed E-state index contributed by atoms with van der Waals surface area (Å²) in [6, 6.07) is 0. The van der Waals surface area contributed by atoms with Crippen LogP contribution < -0.4 is 0 Å². The molecule has 2 aromatic rings. The predicted octanol–water partition coefficient (Wildman–Crippen LogP) is 6.87. The molecule has 1 N–H and O–H groups in total. The van der Waals surface area contributed by atoms with E-state index in [1.54, 1.807) is 11.3 Å². The van der Waals surface area contributed by atoms with E-state index in [-0.39, 0.29) is 0 Å². The lowest BCUT2D eigenvalue weighted by Gasteiger charge is -2.02. The monoisotopic (exact) mass is 320 g/mol. The molecule has 0 unspecified atom stereocenters. The fraction of sp³-hybridized carbons (Fsp3) is 0.737. The molecule has 0 amide bonds. The van der Waals surface area contributed by atoms with E-state index in [9.17, 15) is 0 Å². The van der Waals surface area contributed by atoms with Crippen LogP contribution in [-0.4, -0.2) is 9.97 Å². The minimum Gasteiger partial charge on any atom is -0.341 e. The van der Waals surface area contributed by atoms with E-state index >= 15 is 0 Å². The summed E-state index contributed by atoms with van der Waals surface area (Å²) in [6.45, 7) is 2.29. The second-order valence-corrected chi connectivity index (χ2v) is 7.24. The smallest absolute Gasteiger partial charge is 0.107 e. The molecule has 2 heterocycles. The highest BCUT2D eigenvalue weighted by Crippen LogP contribution is 2.17. The maximum Gasteiger partial charge on any atom is 0.107 e. The first kappa shape index (κ1) is 17.5. The number of nitrogens with zero attached hydrogens (tertiary/aromatic N) is 1. The lowest BCUT2D eigenvalue weighted by molar-refractivity contribution is 0.543. The van der Waals surface area contributed by atoms with Gasteiger partial charge in [-0.15, -0.1) is 11.3 Å². The third-order valence-electron chi connectivity index (χ3n) is 4.44. The Morgan fingerprint density at radius 1 is 0.818 bits per heavy atom. The molecule has 0 saturated carbocycles. The number of aromatic amines is 1. The van der Waals surface area contributed by atoms with E-state index in [0.717, 1.165) is 11.9 Å². The maximum absolute atomic E-state index is 4.62. The van der Waals surface area contributed by atoms with E-state index in [4.69, 9.17) is 0 Å². The molecule has 3 heteroatoms. The van der Waals surface area contributed by atoms with E-state index in [1.165, 1.54) is 88.4 Å². The van der Waals surface area contributed by atoms with Gasteiger partial charge in [-0.1, -0.05) is 77.6 Å². The van der Waals surface area contributed by atoms with Crippen molar-refractivity contribution in [1.29, 1.82) is 0 Å². The van der Waals surface area contributed by atoms with Crippen LogP contribution in [0, 0.1) is 0 Å². The molecule has 0 spiro atoms. The van der Waals surface area contributed by atoms with Crippen LogP contribution in [0.1, 0.15) is 89.8 Å². The number of rotatable bonds is 13. The number of thiophene rings is 1. The zero-order valence-corrected chi connectivity index (χ0v) is 15.0. The summed E-state index contributed by atoms with van der Waals surface area (Å²) in [4.78, 5) is 8.03. The minimum atomic E-state index is 1.11. The summed E-state index contributed by atoms with van der Waals surface area (Å²) in [7, 11) is 0. The molecule has 0 aliphatic carbocycles. The molecule has 0 atom stereocenters. The summed E-state index contributed by atoms with van der Waals surface area (Å²) in [5, 5.41) is 4.27. The summed E-state index contributed by atoms with van der Waals surface area (Å²) in [5.74, 6) is 1.17. The third kappa shape index (κ3) is 6.51. The van der Waals surface area contributed by atoms with Crippen LogP contribution in [0.3, 0.4) is 0 Å². The fourth-order valence-electron chi connectivity index (χ4n) is 3.05. The molecule has 2 nitrogen and oxygen atoms in total. The van der Waals surface area contributed by atoms with Gasteiger partial charge in [0.05, 0.1) is 11.0 Å². The molecule has 0 aliphatic rings. The molecular formula is C19H32N2S. The van der Waals surface area contributed by atoms with Crippen molar-refractivity contribution in [2.24, 2.45) is 0 Å². The molecule has 0 aliphatic heterocycles. The Balaban J connectivity index is 1.38. The standard InChI is InChI=1S/C19H32N2S/c1-2-3-4-5-6-7-8-9-10-11-12-13-14-19-20-17-15-22-16-18(17)21-19/h15-16H,2-14H2,1H3,(H,20,21). The van der Waals surface area contributed by atoms with Gasteiger partial charge in [-0.2, -0.15) is 0 Å². The lowest BCUT2D eigenvalue weighted by atomic mass is 10.0. The van der Waals surface area contributed by atoms with E-state index in [0.29, 0.717) is 0 Å². The second kappa shape index (κ2) is 10.8. The molecule has 2 aromatic heterocycles. The van der Waals surface area contributed by atoms with Gasteiger partial charge in [-0.25, -0.2) is 4.98 Å². The minimum absolute atomic E-state index is 1.11. The number of imidazole rings is 1. The maximum atomic E-state index is 4.62. The molecule has 22 heavy (non-hydrogen) atoms. The van der Waals surface area contributed by atoms with Crippen molar-refractivity contribution in [2.45, 2.75) is 90.4 Å². The number of fused-ring (bicyclic) bond motifs is 1. The summed E-state index contributed by atoms with van der Waals surface area (Å²) >= 11 is 1.72. The fourth-order valence-corrected chi connectivity index (χ4v) is 3.74. The summed E-state index contributed by atoms with van der Waals surface area (Å²) in [6.07, 6.45) is 18.0. The molecule has 0 saturated heterocycles. The van der Waals surface area contributed by atoms with E-state index in [1.807, 2.05) is 0 Å². The topological polar surface area (TPSA) is 28.7 Å². The van der Waals surface area contributed by atoms with Crippen LogP contribution >= 0.6 is 11.3 Å². The van der Waals surface area contributed by atoms with Gasteiger partial charge in [0.1, 0.15) is 5.82 Å². The largest absolute Gasteiger partial charge is 0.341 e. The normalized spacial score (nSPS) is 11.5. The number of aryl methyl sites for hydroxylation is 1. The highest BCUT2D eigenvalue weighted by Gasteiger charge is 2.02. The highest BCUT2D eigenvalue weighted by molar-refractivity contribution is 7.09. The van der Waals surface area contributed by atoms with Crippen LogP contribution in [0.25, 0.3) is 11.0 Å². The molecule has 2 rings (SSSR count). The molecule has 0 fully saturated rings. The summed E-state index contributed by atoms with van der Waals surface area (Å²) in [5.41, 5.74) is 2.35. The first-order valence-corrected chi connectivity index (χ1v) is 10.2. The van der Waals surface area contributed by atoms with Gasteiger partial charge in [0, 0.05) is 17.2 Å². The van der Waals surface area contributed by atoms with Crippen LogP contribution in [0.5, 0.6) is 0 Å². The SMILES string of the molecule is CCCCCCCCCCCCCCc1nc2cscc2[nH]1. The zero-order valence-electron chi connectivity index (χ0n) is 14.2. The van der Waals surface area contributed by atoms with Crippen molar-refractivity contribution in [2.75, 3.05) is 0 Å². The van der Waals surface area contributed by atoms with Crippen molar-refractivity contribution in [3.05, 3.63) is 16.6 Å². The Morgan fingerprint density at radius 2 is 1.41 bits per heavy atom. The third-order valence-corrected chi connectivity index (χ3v) is 5.17. The summed E-state index contributed by atoms with van der Waals surface area (Å²) < 4.78 is 0. The number of hydrogen-bond donors (Lipinski definition) is 1. The number of nitrogens with one attached hydrogen (secondary N) is 1. The van der Waals surface area contributed by atoms with Crippen molar-refractivity contribution >= 4 is 22.4 Å². The molecule has 0 aromatic carbocycles. The number of unbranched alkanes of at least 4 members (excludes halogenated alkanes) is 11. The molecular weight excluding hydrogens is 288 g/mol. The average Bonchev–Trinajstić information content (AvgIpc) is 3.09. The number of H-pyrrole nitrogens is 1. The Kier molecular flexibility index (Phi) is 8.62. The first-order valence-electron chi connectivity index (χ1n) is 9.31. The van der Waals surface area contributed by atoms with Gasteiger partial charge in [0.25, 0.3) is 0 Å². The van der Waals surface area contributed by atoms with E-state index in [2.05, 4.69) is 27.7 Å². The van der Waals surface area contributed by atoms with Crippen LogP contribution in [0.2, 0.25) is 0 Å². The van der Waals surface area contributed by atoms with Crippen molar-refractivity contribution < 1.29 is 0 Å². The quantitative estimate of drug-likeness (QED) is 0.401. The van der Waals surface area contributed by atoms with Crippen LogP contribution in [-0.2, 0) is 6.42 Å². The Hall–Kier alpha value is -0.830. The lowest BCUT2D eigenvalue weighted by Crippen LogP contribution is -1.89. The van der Waals surface area contributed by atoms with Crippen LogP contribution in [0.4, 0.5) is 0 Å². The van der Waals surface area contributed by atoms with Gasteiger partial charge in [0.15, 0.2) is 0 Å². The molecule has 0 bridgehead atoms. The zero-order chi connectivity index (χ0) is 15.5. The number of aromatic nitrogens is 2.